The summed E-state index contributed by atoms with van der Waals surface area (Å²) in [7, 11) is -3.16. The summed E-state index contributed by atoms with van der Waals surface area (Å²) in [5, 5.41) is -0.731. The number of carbonyl (C=O) groups is 1. The van der Waals surface area contributed by atoms with E-state index in [1.54, 1.807) is 13.8 Å². The van der Waals surface area contributed by atoms with Crippen LogP contribution in [0.25, 0.3) is 0 Å². The van der Waals surface area contributed by atoms with Gasteiger partial charge in [0, 0.05) is 11.7 Å². The maximum Gasteiger partial charge on any atom is 0.159 e. The minimum atomic E-state index is -3.16. The molecule has 0 heterocycles. The van der Waals surface area contributed by atoms with Crippen LogP contribution >= 0.6 is 0 Å². The summed E-state index contributed by atoms with van der Waals surface area (Å²) >= 11 is 0. The highest BCUT2D eigenvalue weighted by Gasteiger charge is 2.39. The fourth-order valence-electron chi connectivity index (χ4n) is 1.46. The van der Waals surface area contributed by atoms with Crippen molar-refractivity contribution in [2.75, 3.05) is 5.75 Å². The van der Waals surface area contributed by atoms with E-state index in [-0.39, 0.29) is 17.5 Å². The summed E-state index contributed by atoms with van der Waals surface area (Å²) in [6.07, 6.45) is 2.19. The number of carbonyl (C=O) groups excluding carboxylic acids is 1. The summed E-state index contributed by atoms with van der Waals surface area (Å²) in [5.74, 6) is 0.0693. The first-order chi connectivity index (χ1) is 6.03. The van der Waals surface area contributed by atoms with Crippen molar-refractivity contribution in [3.05, 3.63) is 0 Å². The molecule has 1 unspecified atom stereocenters. The van der Waals surface area contributed by atoms with Crippen LogP contribution < -0.4 is 0 Å². The maximum atomic E-state index is 11.6. The maximum absolute atomic E-state index is 11.6. The highest BCUT2D eigenvalue weighted by molar-refractivity contribution is 7.92. The lowest BCUT2D eigenvalue weighted by Gasteiger charge is -2.12. The molecule has 3 nitrogen and oxygen atoms in total. The molecule has 0 spiro atoms. The highest BCUT2D eigenvalue weighted by atomic mass is 32.2. The molecule has 1 rings (SSSR count). The lowest BCUT2D eigenvalue weighted by molar-refractivity contribution is -0.119. The molecular weight excluding hydrogens is 188 g/mol. The van der Waals surface area contributed by atoms with E-state index in [0.29, 0.717) is 6.42 Å². The predicted molar refractivity (Wildman–Crippen MR) is 51.3 cm³/mol. The van der Waals surface area contributed by atoms with Crippen LogP contribution in [-0.2, 0) is 14.6 Å². The molecule has 0 aliphatic heterocycles. The predicted octanol–water partition coefficient (Wildman–Crippen LogP) is 1.18. The van der Waals surface area contributed by atoms with Gasteiger partial charge in [-0.3, -0.25) is 4.79 Å². The molecule has 76 valence electrons. The van der Waals surface area contributed by atoms with Gasteiger partial charge in [0.05, 0.1) is 0 Å². The Kier molecular flexibility index (Phi) is 3.11. The fourth-order valence-corrected chi connectivity index (χ4v) is 2.92. The molecule has 0 amide bonds. The van der Waals surface area contributed by atoms with Crippen molar-refractivity contribution in [3.8, 4) is 0 Å². The monoisotopic (exact) mass is 204 g/mol. The second kappa shape index (κ2) is 3.78. The third-order valence-corrected chi connectivity index (χ3v) is 4.74. The van der Waals surface area contributed by atoms with Crippen molar-refractivity contribution in [1.29, 1.82) is 0 Å². The Balaban J connectivity index is 2.77. The minimum absolute atomic E-state index is 0.0475. The summed E-state index contributed by atoms with van der Waals surface area (Å²) < 4.78 is 23.0. The average Bonchev–Trinajstić information content (AvgIpc) is 2.87. The third-order valence-electron chi connectivity index (χ3n) is 2.50. The molecule has 0 N–H and O–H groups in total. The normalized spacial score (nSPS) is 19.8. The zero-order valence-electron chi connectivity index (χ0n) is 8.12. The average molecular weight is 204 g/mol. The highest BCUT2D eigenvalue weighted by Crippen LogP contribution is 2.33. The van der Waals surface area contributed by atoms with E-state index < -0.39 is 15.1 Å². The van der Waals surface area contributed by atoms with E-state index in [0.717, 1.165) is 12.8 Å². The van der Waals surface area contributed by atoms with Crippen LogP contribution in [0.2, 0.25) is 0 Å². The fraction of sp³-hybridized carbons (Fsp3) is 0.889. The summed E-state index contributed by atoms with van der Waals surface area (Å²) in [6, 6.07) is 0. The van der Waals surface area contributed by atoms with E-state index in [1.165, 1.54) is 0 Å². The number of Topliss-reactive ketones (excluding diaryl/α,β-unsaturated/α-hetero) is 1. The van der Waals surface area contributed by atoms with Gasteiger partial charge in [0.2, 0.25) is 0 Å². The number of sulfone groups is 1. The standard InChI is InChI=1S/C9H16O3S/c1-3-8(13(11,12)4-2)9(10)7-5-6-7/h7-8H,3-6H2,1-2H3. The van der Waals surface area contributed by atoms with E-state index >= 15 is 0 Å². The number of ketones is 1. The molecular formula is C9H16O3S. The van der Waals surface area contributed by atoms with Crippen molar-refractivity contribution < 1.29 is 13.2 Å². The number of hydrogen-bond donors (Lipinski definition) is 0. The lowest BCUT2D eigenvalue weighted by Crippen LogP contribution is -2.32. The van der Waals surface area contributed by atoms with Crippen LogP contribution in [0.15, 0.2) is 0 Å². The molecule has 1 atom stereocenters. The van der Waals surface area contributed by atoms with E-state index in [1.807, 2.05) is 0 Å². The first-order valence-electron chi connectivity index (χ1n) is 4.78. The summed E-state index contributed by atoms with van der Waals surface area (Å²) in [6.45, 7) is 3.36. The molecule has 1 aliphatic carbocycles. The van der Waals surface area contributed by atoms with Crippen LogP contribution in [0.1, 0.15) is 33.1 Å². The molecule has 13 heavy (non-hydrogen) atoms. The van der Waals surface area contributed by atoms with Gasteiger partial charge in [-0.25, -0.2) is 8.42 Å². The Hall–Kier alpha value is -0.380. The molecule has 0 aromatic heterocycles. The van der Waals surface area contributed by atoms with Crippen LogP contribution in [-0.4, -0.2) is 25.2 Å². The lowest BCUT2D eigenvalue weighted by atomic mass is 10.1. The van der Waals surface area contributed by atoms with Gasteiger partial charge in [0.15, 0.2) is 15.6 Å². The summed E-state index contributed by atoms with van der Waals surface area (Å²) in [4.78, 5) is 11.6. The van der Waals surface area contributed by atoms with Crippen molar-refractivity contribution in [1.82, 2.24) is 0 Å². The second-order valence-electron chi connectivity index (χ2n) is 3.53. The smallest absolute Gasteiger partial charge is 0.159 e. The van der Waals surface area contributed by atoms with Crippen molar-refractivity contribution >= 4 is 15.6 Å². The topological polar surface area (TPSA) is 51.2 Å². The molecule has 0 aromatic rings. The Bertz CT molecular complexity index is 288. The molecule has 1 fully saturated rings. The number of rotatable bonds is 5. The van der Waals surface area contributed by atoms with Gasteiger partial charge < -0.3 is 0 Å². The van der Waals surface area contributed by atoms with E-state index in [9.17, 15) is 13.2 Å². The van der Waals surface area contributed by atoms with Crippen LogP contribution in [0.4, 0.5) is 0 Å². The summed E-state index contributed by atoms with van der Waals surface area (Å²) in [5.41, 5.74) is 0. The first-order valence-corrected chi connectivity index (χ1v) is 6.49. The van der Waals surface area contributed by atoms with Gasteiger partial charge in [-0.2, -0.15) is 0 Å². The van der Waals surface area contributed by atoms with Crippen molar-refractivity contribution in [3.63, 3.8) is 0 Å². The van der Waals surface area contributed by atoms with Crippen molar-refractivity contribution in [2.24, 2.45) is 5.92 Å². The van der Waals surface area contributed by atoms with Crippen LogP contribution in [0.3, 0.4) is 0 Å². The molecule has 1 aliphatic rings. The van der Waals surface area contributed by atoms with Crippen LogP contribution in [0.5, 0.6) is 0 Å². The third kappa shape index (κ3) is 2.30. The second-order valence-corrected chi connectivity index (χ2v) is 6.00. The Morgan fingerprint density at radius 2 is 1.92 bits per heavy atom. The van der Waals surface area contributed by atoms with Gasteiger partial charge in [-0.05, 0) is 19.3 Å². The minimum Gasteiger partial charge on any atom is -0.298 e. The van der Waals surface area contributed by atoms with Crippen molar-refractivity contribution in [2.45, 2.75) is 38.4 Å². The van der Waals surface area contributed by atoms with E-state index in [2.05, 4.69) is 0 Å². The number of hydrogen-bond acceptors (Lipinski definition) is 3. The quantitative estimate of drug-likeness (QED) is 0.675. The molecule has 4 heteroatoms. The molecule has 0 aromatic carbocycles. The van der Waals surface area contributed by atoms with Gasteiger partial charge >= 0.3 is 0 Å². The Morgan fingerprint density at radius 1 is 1.38 bits per heavy atom. The van der Waals surface area contributed by atoms with Gasteiger partial charge in [0.25, 0.3) is 0 Å². The van der Waals surface area contributed by atoms with Crippen LogP contribution in [0, 0.1) is 5.92 Å². The molecule has 1 saturated carbocycles. The zero-order chi connectivity index (χ0) is 10.1. The largest absolute Gasteiger partial charge is 0.298 e. The van der Waals surface area contributed by atoms with Gasteiger partial charge in [-0.15, -0.1) is 0 Å². The van der Waals surface area contributed by atoms with E-state index in [4.69, 9.17) is 0 Å². The Morgan fingerprint density at radius 3 is 2.23 bits per heavy atom. The van der Waals surface area contributed by atoms with Gasteiger partial charge in [0.1, 0.15) is 5.25 Å². The SMILES string of the molecule is CCC(C(=O)C1CC1)S(=O)(=O)CC. The molecule has 0 saturated heterocycles. The molecule has 0 radical (unpaired) electrons. The zero-order valence-corrected chi connectivity index (χ0v) is 8.93. The molecule has 0 bridgehead atoms. The first kappa shape index (κ1) is 10.7. The Labute approximate surface area is 79.4 Å². The van der Waals surface area contributed by atoms with Gasteiger partial charge in [-0.1, -0.05) is 13.8 Å².